The summed E-state index contributed by atoms with van der Waals surface area (Å²) in [5.41, 5.74) is 4.36. The number of aromatic amines is 1. The van der Waals surface area contributed by atoms with Gasteiger partial charge in [-0.2, -0.15) is 0 Å². The molecule has 2 fully saturated rings. The van der Waals surface area contributed by atoms with Crippen molar-refractivity contribution in [2.75, 3.05) is 6.54 Å². The van der Waals surface area contributed by atoms with Gasteiger partial charge in [-0.05, 0) is 31.2 Å². The Morgan fingerprint density at radius 1 is 1.57 bits per heavy atom. The molecule has 2 aliphatic rings. The van der Waals surface area contributed by atoms with E-state index < -0.39 is 17.4 Å². The number of fused-ring (bicyclic) bond motifs is 1. The van der Waals surface area contributed by atoms with Gasteiger partial charge in [-0.15, -0.1) is 0 Å². The number of aromatic nitrogens is 2. The van der Waals surface area contributed by atoms with Gasteiger partial charge in [0.15, 0.2) is 0 Å². The SMILES string of the molecule is NC(=O)C1([C@@H](C=O)Cn2cc[nH]c2=O)NCC2CCCC21. The number of primary amides is 1. The number of hydrogen-bond donors (Lipinski definition) is 3. The smallest absolute Gasteiger partial charge is 0.325 e. The molecule has 7 heteroatoms. The van der Waals surface area contributed by atoms with Gasteiger partial charge in [-0.1, -0.05) is 6.42 Å². The van der Waals surface area contributed by atoms with Gasteiger partial charge in [0.2, 0.25) is 5.91 Å². The molecule has 1 aliphatic heterocycles. The highest BCUT2D eigenvalue weighted by atomic mass is 16.2. The molecule has 2 heterocycles. The van der Waals surface area contributed by atoms with Crippen molar-refractivity contribution in [3.8, 4) is 0 Å². The van der Waals surface area contributed by atoms with Crippen LogP contribution in [0.4, 0.5) is 0 Å². The molecular weight excluding hydrogens is 272 g/mol. The molecule has 4 atom stereocenters. The van der Waals surface area contributed by atoms with Crippen LogP contribution in [0.2, 0.25) is 0 Å². The van der Waals surface area contributed by atoms with Gasteiger partial charge in [-0.3, -0.25) is 9.36 Å². The lowest BCUT2D eigenvalue weighted by atomic mass is 9.72. The molecule has 0 radical (unpaired) electrons. The molecule has 0 bridgehead atoms. The van der Waals surface area contributed by atoms with Gasteiger partial charge in [-0.25, -0.2) is 4.79 Å². The molecule has 0 spiro atoms. The number of H-pyrrole nitrogens is 1. The van der Waals surface area contributed by atoms with Crippen LogP contribution in [0, 0.1) is 17.8 Å². The van der Waals surface area contributed by atoms with E-state index in [-0.39, 0.29) is 18.2 Å². The number of carbonyl (C=O) groups excluding carboxylic acids is 2. The first-order chi connectivity index (χ1) is 10.1. The highest BCUT2D eigenvalue weighted by Gasteiger charge is 2.58. The fourth-order valence-electron chi connectivity index (χ4n) is 4.17. The summed E-state index contributed by atoms with van der Waals surface area (Å²) in [5, 5.41) is 3.22. The standard InChI is InChI=1S/C14H20N4O3/c15-12(20)14(11-3-1-2-9(11)6-17-14)10(8-19)7-18-5-4-16-13(18)21/h4-5,8-11,17H,1-3,6-7H2,(H2,15,20)(H,16,21)/t9?,10-,11?,14?/m1/s1. The fraction of sp³-hybridized carbons (Fsp3) is 0.643. The van der Waals surface area contributed by atoms with Crippen LogP contribution < -0.4 is 16.7 Å². The molecule has 1 saturated carbocycles. The number of nitrogens with one attached hydrogen (secondary N) is 2. The topological polar surface area (TPSA) is 110 Å². The van der Waals surface area contributed by atoms with Gasteiger partial charge in [0.1, 0.15) is 11.8 Å². The van der Waals surface area contributed by atoms with Gasteiger partial charge >= 0.3 is 5.69 Å². The van der Waals surface area contributed by atoms with Crippen LogP contribution in [-0.4, -0.2) is 33.8 Å². The highest BCUT2D eigenvalue weighted by Crippen LogP contribution is 2.46. The van der Waals surface area contributed by atoms with E-state index in [9.17, 15) is 14.4 Å². The van der Waals surface area contributed by atoms with Gasteiger partial charge in [0.05, 0.1) is 5.92 Å². The molecule has 7 nitrogen and oxygen atoms in total. The van der Waals surface area contributed by atoms with Crippen molar-refractivity contribution in [2.24, 2.45) is 23.5 Å². The quantitative estimate of drug-likeness (QED) is 0.619. The van der Waals surface area contributed by atoms with Gasteiger partial charge in [0, 0.05) is 18.9 Å². The van der Waals surface area contributed by atoms with Crippen LogP contribution in [0.1, 0.15) is 19.3 Å². The predicted octanol–water partition coefficient (Wildman–Crippen LogP) is -0.765. The van der Waals surface area contributed by atoms with Crippen LogP contribution in [0.25, 0.3) is 0 Å². The minimum Gasteiger partial charge on any atom is -0.368 e. The third kappa shape index (κ3) is 2.03. The number of hydrogen-bond acceptors (Lipinski definition) is 4. The summed E-state index contributed by atoms with van der Waals surface area (Å²) in [6.07, 6.45) is 6.87. The molecule has 114 valence electrons. The third-order valence-electron chi connectivity index (χ3n) is 5.17. The van der Waals surface area contributed by atoms with Crippen molar-refractivity contribution >= 4 is 12.2 Å². The van der Waals surface area contributed by atoms with E-state index >= 15 is 0 Å². The van der Waals surface area contributed by atoms with Crippen molar-refractivity contribution in [3.05, 3.63) is 22.9 Å². The minimum atomic E-state index is -1.03. The maximum atomic E-state index is 12.2. The first-order valence-corrected chi connectivity index (χ1v) is 7.33. The van der Waals surface area contributed by atoms with E-state index in [1.165, 1.54) is 10.8 Å². The fourth-order valence-corrected chi connectivity index (χ4v) is 4.17. The summed E-state index contributed by atoms with van der Waals surface area (Å²) < 4.78 is 1.41. The van der Waals surface area contributed by atoms with Gasteiger partial charge < -0.3 is 20.8 Å². The van der Waals surface area contributed by atoms with Crippen LogP contribution in [0.15, 0.2) is 17.2 Å². The molecule has 3 rings (SSSR count). The molecule has 1 aliphatic carbocycles. The molecule has 0 aromatic carbocycles. The Morgan fingerprint density at radius 3 is 3.00 bits per heavy atom. The lowest BCUT2D eigenvalue weighted by Crippen LogP contribution is -2.62. The molecule has 1 aromatic heterocycles. The molecule has 3 unspecified atom stereocenters. The highest BCUT2D eigenvalue weighted by molar-refractivity contribution is 5.89. The zero-order chi connectivity index (χ0) is 15.0. The Bertz CT molecular complexity index is 607. The van der Waals surface area contributed by atoms with Crippen molar-refractivity contribution in [1.29, 1.82) is 0 Å². The monoisotopic (exact) mass is 292 g/mol. The first-order valence-electron chi connectivity index (χ1n) is 7.33. The summed E-state index contributed by atoms with van der Waals surface area (Å²) >= 11 is 0. The average molecular weight is 292 g/mol. The summed E-state index contributed by atoms with van der Waals surface area (Å²) in [7, 11) is 0. The number of nitrogens with two attached hydrogens (primary N) is 1. The lowest BCUT2D eigenvalue weighted by Gasteiger charge is -2.36. The third-order valence-corrected chi connectivity index (χ3v) is 5.17. The second-order valence-corrected chi connectivity index (χ2v) is 6.07. The Hall–Kier alpha value is -1.89. The maximum Gasteiger partial charge on any atom is 0.325 e. The Balaban J connectivity index is 1.95. The molecule has 21 heavy (non-hydrogen) atoms. The first kappa shape index (κ1) is 14.1. The second kappa shape index (κ2) is 5.14. The average Bonchev–Trinajstić information content (AvgIpc) is 3.13. The zero-order valence-electron chi connectivity index (χ0n) is 11.7. The van der Waals surface area contributed by atoms with Crippen LogP contribution in [0.5, 0.6) is 0 Å². The molecule has 1 amide bonds. The van der Waals surface area contributed by atoms with Crippen LogP contribution >= 0.6 is 0 Å². The van der Waals surface area contributed by atoms with E-state index in [0.717, 1.165) is 25.5 Å². The largest absolute Gasteiger partial charge is 0.368 e. The normalized spacial score (nSPS) is 32.8. The maximum absolute atomic E-state index is 12.2. The number of imidazole rings is 1. The predicted molar refractivity (Wildman–Crippen MR) is 75.4 cm³/mol. The minimum absolute atomic E-state index is 0.0832. The van der Waals surface area contributed by atoms with Crippen molar-refractivity contribution in [2.45, 2.75) is 31.3 Å². The van der Waals surface area contributed by atoms with E-state index in [0.29, 0.717) is 12.5 Å². The number of rotatable bonds is 5. The molecular formula is C14H20N4O3. The molecule has 4 N–H and O–H groups in total. The van der Waals surface area contributed by atoms with E-state index in [1.54, 1.807) is 6.20 Å². The van der Waals surface area contributed by atoms with Crippen LogP contribution in [-0.2, 0) is 16.1 Å². The van der Waals surface area contributed by atoms with Gasteiger partial charge in [0.25, 0.3) is 0 Å². The van der Waals surface area contributed by atoms with E-state index in [1.807, 2.05) is 0 Å². The summed E-state index contributed by atoms with van der Waals surface area (Å²) in [6, 6.07) is 0. The number of aldehydes is 1. The zero-order valence-corrected chi connectivity index (χ0v) is 11.7. The van der Waals surface area contributed by atoms with Crippen molar-refractivity contribution in [1.82, 2.24) is 14.9 Å². The van der Waals surface area contributed by atoms with Crippen molar-refractivity contribution in [3.63, 3.8) is 0 Å². The van der Waals surface area contributed by atoms with Crippen LogP contribution in [0.3, 0.4) is 0 Å². The number of amides is 1. The van der Waals surface area contributed by atoms with E-state index in [2.05, 4.69) is 10.3 Å². The molecule has 1 saturated heterocycles. The molecule has 1 aromatic rings. The number of carbonyl (C=O) groups is 2. The lowest BCUT2D eigenvalue weighted by molar-refractivity contribution is -0.132. The summed E-state index contributed by atoms with van der Waals surface area (Å²) in [4.78, 5) is 38.0. The summed E-state index contributed by atoms with van der Waals surface area (Å²) in [6.45, 7) is 0.866. The Morgan fingerprint density at radius 2 is 2.38 bits per heavy atom. The number of nitrogens with zero attached hydrogens (tertiary/aromatic N) is 1. The van der Waals surface area contributed by atoms with E-state index in [4.69, 9.17) is 5.73 Å². The Labute approximate surface area is 121 Å². The van der Waals surface area contributed by atoms with Crippen molar-refractivity contribution < 1.29 is 9.59 Å². The summed E-state index contributed by atoms with van der Waals surface area (Å²) in [5.74, 6) is -0.656. The Kier molecular flexibility index (Phi) is 3.44. The second-order valence-electron chi connectivity index (χ2n) is 6.07.